The third-order valence-corrected chi connectivity index (χ3v) is 6.57. The Morgan fingerprint density at radius 2 is 1.86 bits per heavy atom. The minimum absolute atomic E-state index is 0.763. The van der Waals surface area contributed by atoms with Crippen LogP contribution in [0.4, 0.5) is 5.82 Å². The van der Waals surface area contributed by atoms with Crippen LogP contribution >= 0.6 is 11.3 Å². The van der Waals surface area contributed by atoms with Crippen LogP contribution < -0.4 is 9.64 Å². The van der Waals surface area contributed by atoms with Gasteiger partial charge in [0.25, 0.3) is 0 Å². The van der Waals surface area contributed by atoms with Gasteiger partial charge in [0.15, 0.2) is 0 Å². The number of aryl methyl sites for hydroxylation is 2. The maximum absolute atomic E-state index is 5.47. The lowest BCUT2D eigenvalue weighted by molar-refractivity contribution is 0.0331. The Kier molecular flexibility index (Phi) is 5.99. The van der Waals surface area contributed by atoms with Crippen LogP contribution in [-0.4, -0.2) is 55.3 Å². The predicted molar refractivity (Wildman–Crippen MR) is 118 cm³/mol. The number of fused-ring (bicyclic) bond motifs is 1. The van der Waals surface area contributed by atoms with Gasteiger partial charge < -0.3 is 14.4 Å². The molecule has 0 N–H and O–H groups in total. The van der Waals surface area contributed by atoms with Crippen molar-refractivity contribution >= 4 is 27.4 Å². The zero-order chi connectivity index (χ0) is 20.4. The molecule has 1 aromatic carbocycles. The number of anilines is 1. The van der Waals surface area contributed by atoms with Gasteiger partial charge in [0.05, 0.1) is 32.3 Å². The number of morpholine rings is 1. The van der Waals surface area contributed by atoms with Crippen LogP contribution in [0.5, 0.6) is 5.75 Å². The molecule has 2 aromatic heterocycles. The number of rotatable bonds is 6. The average molecular weight is 413 g/mol. The van der Waals surface area contributed by atoms with Gasteiger partial charge in [-0.25, -0.2) is 9.97 Å². The summed E-state index contributed by atoms with van der Waals surface area (Å²) in [4.78, 5) is 16.9. The van der Waals surface area contributed by atoms with E-state index in [-0.39, 0.29) is 0 Å². The molecule has 3 heterocycles. The molecular weight excluding hydrogens is 384 g/mol. The molecule has 0 aliphatic carbocycles. The van der Waals surface area contributed by atoms with Crippen molar-refractivity contribution in [3.05, 3.63) is 46.1 Å². The molecule has 0 atom stereocenters. The van der Waals surface area contributed by atoms with Crippen LogP contribution in [0.1, 0.15) is 21.8 Å². The summed E-state index contributed by atoms with van der Waals surface area (Å²) in [7, 11) is 3.80. The summed E-state index contributed by atoms with van der Waals surface area (Å²) >= 11 is 1.76. The molecule has 0 radical (unpaired) electrons. The summed E-state index contributed by atoms with van der Waals surface area (Å²) in [6.07, 6.45) is 0. The summed E-state index contributed by atoms with van der Waals surface area (Å²) in [5.41, 5.74) is 2.50. The SMILES string of the molecule is COc1ccc(CN(C)c2nc(CN3CCOCC3)nc3sc(C)c(C)c23)cc1. The second kappa shape index (κ2) is 8.65. The average Bonchev–Trinajstić information content (AvgIpc) is 3.02. The normalized spacial score (nSPS) is 15.0. The van der Waals surface area contributed by atoms with Crippen molar-refractivity contribution in [2.75, 3.05) is 45.4 Å². The molecule has 4 rings (SSSR count). The second-order valence-electron chi connectivity index (χ2n) is 7.52. The number of benzene rings is 1. The largest absolute Gasteiger partial charge is 0.497 e. The van der Waals surface area contributed by atoms with E-state index in [0.717, 1.165) is 61.6 Å². The van der Waals surface area contributed by atoms with Gasteiger partial charge in [0.1, 0.15) is 22.2 Å². The number of nitrogens with zero attached hydrogens (tertiary/aromatic N) is 4. The number of hydrogen-bond donors (Lipinski definition) is 0. The lowest BCUT2D eigenvalue weighted by Gasteiger charge is -2.26. The number of aromatic nitrogens is 2. The first kappa shape index (κ1) is 20.1. The van der Waals surface area contributed by atoms with Crippen LogP contribution in [0.25, 0.3) is 10.2 Å². The molecule has 0 unspecified atom stereocenters. The van der Waals surface area contributed by atoms with Crippen LogP contribution in [0.3, 0.4) is 0 Å². The molecule has 7 heteroatoms. The molecule has 29 heavy (non-hydrogen) atoms. The summed E-state index contributed by atoms with van der Waals surface area (Å²) in [5, 5.41) is 1.18. The summed E-state index contributed by atoms with van der Waals surface area (Å²) < 4.78 is 10.8. The maximum Gasteiger partial charge on any atom is 0.146 e. The van der Waals surface area contributed by atoms with Gasteiger partial charge >= 0.3 is 0 Å². The Bertz CT molecular complexity index is 981. The van der Waals surface area contributed by atoms with Crippen LogP contribution in [0.2, 0.25) is 0 Å². The predicted octanol–water partition coefficient (Wildman–Crippen LogP) is 3.79. The van der Waals surface area contributed by atoms with E-state index in [1.807, 2.05) is 12.1 Å². The zero-order valence-corrected chi connectivity index (χ0v) is 18.4. The van der Waals surface area contributed by atoms with Crippen molar-refractivity contribution in [3.63, 3.8) is 0 Å². The van der Waals surface area contributed by atoms with E-state index in [0.29, 0.717) is 0 Å². The summed E-state index contributed by atoms with van der Waals surface area (Å²) in [5.74, 6) is 2.77. The standard InChI is InChI=1S/C22H28N4O2S/c1-15-16(2)29-22-20(15)21(23-19(24-22)14-26-9-11-28-12-10-26)25(3)13-17-5-7-18(27-4)8-6-17/h5-8H,9-14H2,1-4H3. The highest BCUT2D eigenvalue weighted by molar-refractivity contribution is 7.18. The fraction of sp³-hybridized carbons (Fsp3) is 0.455. The van der Waals surface area contributed by atoms with Crippen molar-refractivity contribution in [1.29, 1.82) is 0 Å². The number of hydrogen-bond acceptors (Lipinski definition) is 7. The van der Waals surface area contributed by atoms with Gasteiger partial charge in [-0.15, -0.1) is 11.3 Å². The van der Waals surface area contributed by atoms with Gasteiger partial charge in [-0.1, -0.05) is 12.1 Å². The molecule has 6 nitrogen and oxygen atoms in total. The molecule has 1 aliphatic rings. The van der Waals surface area contributed by atoms with Gasteiger partial charge in [0.2, 0.25) is 0 Å². The first-order valence-corrected chi connectivity index (χ1v) is 10.8. The third kappa shape index (κ3) is 4.37. The minimum atomic E-state index is 0.763. The quantitative estimate of drug-likeness (QED) is 0.614. The van der Waals surface area contributed by atoms with E-state index >= 15 is 0 Å². The number of thiophene rings is 1. The topological polar surface area (TPSA) is 50.7 Å². The van der Waals surface area contributed by atoms with Crippen molar-refractivity contribution in [1.82, 2.24) is 14.9 Å². The first-order chi connectivity index (χ1) is 14.0. The van der Waals surface area contributed by atoms with E-state index in [2.05, 4.69) is 42.8 Å². The lowest BCUT2D eigenvalue weighted by Crippen LogP contribution is -2.36. The smallest absolute Gasteiger partial charge is 0.146 e. The minimum Gasteiger partial charge on any atom is -0.497 e. The fourth-order valence-electron chi connectivity index (χ4n) is 3.66. The Hall–Kier alpha value is -2.22. The molecule has 1 fully saturated rings. The third-order valence-electron chi connectivity index (χ3n) is 5.46. The Balaban J connectivity index is 1.66. The molecular formula is C22H28N4O2S. The van der Waals surface area contributed by atoms with Gasteiger partial charge in [0, 0.05) is 31.6 Å². The Morgan fingerprint density at radius 3 is 2.55 bits per heavy atom. The van der Waals surface area contributed by atoms with Crippen molar-refractivity contribution in [2.45, 2.75) is 26.9 Å². The molecule has 0 spiro atoms. The number of ether oxygens (including phenoxy) is 2. The zero-order valence-electron chi connectivity index (χ0n) is 17.6. The molecule has 1 saturated heterocycles. The van der Waals surface area contributed by atoms with E-state index < -0.39 is 0 Å². The van der Waals surface area contributed by atoms with E-state index in [1.54, 1.807) is 18.4 Å². The van der Waals surface area contributed by atoms with E-state index in [9.17, 15) is 0 Å². The molecule has 154 valence electrons. The van der Waals surface area contributed by atoms with Crippen LogP contribution in [0.15, 0.2) is 24.3 Å². The summed E-state index contributed by atoms with van der Waals surface area (Å²) in [6.45, 7) is 9.30. The van der Waals surface area contributed by atoms with E-state index in [1.165, 1.54) is 21.4 Å². The molecule has 0 bridgehead atoms. The highest BCUT2D eigenvalue weighted by Gasteiger charge is 2.19. The molecule has 0 amide bonds. The van der Waals surface area contributed by atoms with Crippen LogP contribution in [0, 0.1) is 13.8 Å². The van der Waals surface area contributed by atoms with Gasteiger partial charge in [-0.3, -0.25) is 4.90 Å². The first-order valence-electron chi connectivity index (χ1n) is 9.96. The Morgan fingerprint density at radius 1 is 1.14 bits per heavy atom. The molecule has 1 aliphatic heterocycles. The van der Waals surface area contributed by atoms with Gasteiger partial charge in [-0.05, 0) is 37.1 Å². The highest BCUT2D eigenvalue weighted by Crippen LogP contribution is 2.35. The van der Waals surface area contributed by atoms with Crippen LogP contribution in [-0.2, 0) is 17.8 Å². The molecule has 0 saturated carbocycles. The Labute approximate surface area is 176 Å². The maximum atomic E-state index is 5.47. The molecule has 3 aromatic rings. The monoisotopic (exact) mass is 412 g/mol. The lowest BCUT2D eigenvalue weighted by atomic mass is 10.1. The van der Waals surface area contributed by atoms with Gasteiger partial charge in [-0.2, -0.15) is 0 Å². The van der Waals surface area contributed by atoms with E-state index in [4.69, 9.17) is 19.4 Å². The van der Waals surface area contributed by atoms with Crippen molar-refractivity contribution in [3.8, 4) is 5.75 Å². The summed E-state index contributed by atoms with van der Waals surface area (Å²) in [6, 6.07) is 8.22. The van der Waals surface area contributed by atoms with Crippen molar-refractivity contribution in [2.24, 2.45) is 0 Å². The highest BCUT2D eigenvalue weighted by atomic mass is 32.1. The fourth-order valence-corrected chi connectivity index (χ4v) is 4.70. The number of methoxy groups -OCH3 is 1. The van der Waals surface area contributed by atoms with Crippen molar-refractivity contribution < 1.29 is 9.47 Å². The second-order valence-corrected chi connectivity index (χ2v) is 8.72.